The number of nitrogens with zero attached hydrogens (tertiary/aromatic N) is 2. The van der Waals surface area contributed by atoms with E-state index in [4.69, 9.17) is 0 Å². The molecule has 1 saturated heterocycles. The monoisotopic (exact) mass is 231 g/mol. The summed E-state index contributed by atoms with van der Waals surface area (Å²) in [5, 5.41) is 2.97. The Balaban J connectivity index is 2.09. The Labute approximate surface area is 101 Å². The van der Waals surface area contributed by atoms with Gasteiger partial charge in [-0.3, -0.25) is 9.78 Å². The fraction of sp³-hybridized carbons (Fsp3) is 0.538. The van der Waals surface area contributed by atoms with Crippen LogP contribution in [0.15, 0.2) is 18.5 Å². The van der Waals surface area contributed by atoms with Crippen molar-refractivity contribution in [2.45, 2.75) is 32.7 Å². The molecule has 0 aromatic carbocycles. The van der Waals surface area contributed by atoms with E-state index in [2.05, 4.69) is 29.0 Å². The molecule has 3 rings (SSSR count). The Hall–Kier alpha value is -1.58. The van der Waals surface area contributed by atoms with Gasteiger partial charge in [-0.05, 0) is 24.3 Å². The van der Waals surface area contributed by atoms with E-state index in [0.717, 1.165) is 30.8 Å². The van der Waals surface area contributed by atoms with E-state index in [0.29, 0.717) is 0 Å². The third-order valence-electron chi connectivity index (χ3n) is 3.89. The van der Waals surface area contributed by atoms with Crippen LogP contribution in [0.3, 0.4) is 0 Å². The molecule has 2 aliphatic rings. The van der Waals surface area contributed by atoms with Crippen LogP contribution in [0.5, 0.6) is 0 Å². The Bertz CT molecular complexity index is 469. The van der Waals surface area contributed by atoms with Crippen LogP contribution in [0.1, 0.15) is 26.7 Å². The van der Waals surface area contributed by atoms with Crippen LogP contribution >= 0.6 is 0 Å². The highest BCUT2D eigenvalue weighted by atomic mass is 16.2. The number of aromatic nitrogens is 1. The van der Waals surface area contributed by atoms with Crippen molar-refractivity contribution in [2.75, 3.05) is 16.8 Å². The van der Waals surface area contributed by atoms with Crippen LogP contribution in [-0.2, 0) is 4.79 Å². The minimum Gasteiger partial charge on any atom is -0.357 e. The van der Waals surface area contributed by atoms with E-state index < -0.39 is 0 Å². The first-order valence-electron chi connectivity index (χ1n) is 6.11. The molecule has 17 heavy (non-hydrogen) atoms. The molecule has 0 spiro atoms. The normalized spacial score (nSPS) is 25.9. The average molecular weight is 231 g/mol. The quantitative estimate of drug-likeness (QED) is 0.743. The highest BCUT2D eigenvalue weighted by Crippen LogP contribution is 2.42. The third-order valence-corrected chi connectivity index (χ3v) is 3.89. The van der Waals surface area contributed by atoms with Gasteiger partial charge in [0.25, 0.3) is 0 Å². The zero-order valence-corrected chi connectivity index (χ0v) is 10.2. The van der Waals surface area contributed by atoms with Crippen molar-refractivity contribution in [3.63, 3.8) is 0 Å². The fourth-order valence-electron chi connectivity index (χ4n) is 3.08. The first-order valence-corrected chi connectivity index (χ1v) is 6.11. The lowest BCUT2D eigenvalue weighted by Crippen LogP contribution is -2.58. The van der Waals surface area contributed by atoms with Gasteiger partial charge in [0, 0.05) is 12.7 Å². The van der Waals surface area contributed by atoms with Gasteiger partial charge >= 0.3 is 0 Å². The fourth-order valence-corrected chi connectivity index (χ4v) is 3.08. The molecule has 0 radical (unpaired) electrons. The summed E-state index contributed by atoms with van der Waals surface area (Å²) in [4.78, 5) is 18.5. The van der Waals surface area contributed by atoms with Gasteiger partial charge in [0.05, 0.1) is 17.6 Å². The number of carbonyl (C=O) groups excluding carboxylic acids is 1. The van der Waals surface area contributed by atoms with Gasteiger partial charge in [0.15, 0.2) is 0 Å². The minimum absolute atomic E-state index is 0.0310. The summed E-state index contributed by atoms with van der Waals surface area (Å²) in [6.45, 7) is 5.31. The molecular formula is C13H17N3O. The van der Waals surface area contributed by atoms with Gasteiger partial charge in [0.2, 0.25) is 5.91 Å². The number of piperidine rings is 1. The predicted molar refractivity (Wildman–Crippen MR) is 67.0 cm³/mol. The zero-order chi connectivity index (χ0) is 12.0. The summed E-state index contributed by atoms with van der Waals surface area (Å²) >= 11 is 0. The van der Waals surface area contributed by atoms with Gasteiger partial charge in [-0.2, -0.15) is 0 Å². The van der Waals surface area contributed by atoms with E-state index in [1.54, 1.807) is 12.4 Å². The molecule has 1 amide bonds. The molecule has 3 heterocycles. The lowest BCUT2D eigenvalue weighted by atomic mass is 9.75. The lowest BCUT2D eigenvalue weighted by molar-refractivity contribution is -0.120. The largest absolute Gasteiger partial charge is 0.357 e. The highest BCUT2D eigenvalue weighted by Gasteiger charge is 2.45. The van der Waals surface area contributed by atoms with Crippen LogP contribution < -0.4 is 10.2 Å². The Morgan fingerprint density at radius 2 is 2.35 bits per heavy atom. The second-order valence-corrected chi connectivity index (χ2v) is 5.57. The summed E-state index contributed by atoms with van der Waals surface area (Å²) in [5.74, 6) is 0.107. The van der Waals surface area contributed by atoms with Crippen molar-refractivity contribution in [1.82, 2.24) is 4.98 Å². The van der Waals surface area contributed by atoms with Crippen molar-refractivity contribution < 1.29 is 4.79 Å². The summed E-state index contributed by atoms with van der Waals surface area (Å²) in [6.07, 6.45) is 5.75. The molecule has 1 atom stereocenters. The summed E-state index contributed by atoms with van der Waals surface area (Å²) in [7, 11) is 0. The third kappa shape index (κ3) is 1.51. The number of amides is 1. The van der Waals surface area contributed by atoms with Gasteiger partial charge in [0.1, 0.15) is 6.04 Å². The van der Waals surface area contributed by atoms with E-state index in [1.165, 1.54) is 0 Å². The SMILES string of the molecule is CC1(C)CCCN2c3ccncc3NC(=O)C21. The second kappa shape index (κ2) is 3.45. The predicted octanol–water partition coefficient (Wildman–Crippen LogP) is 2.03. The van der Waals surface area contributed by atoms with E-state index in [1.807, 2.05) is 6.07 Å². The van der Waals surface area contributed by atoms with E-state index >= 15 is 0 Å². The average Bonchev–Trinajstić information content (AvgIpc) is 2.28. The number of rotatable bonds is 0. The van der Waals surface area contributed by atoms with Crippen LogP contribution in [0.25, 0.3) is 0 Å². The van der Waals surface area contributed by atoms with Gasteiger partial charge in [-0.25, -0.2) is 0 Å². The second-order valence-electron chi connectivity index (χ2n) is 5.57. The molecule has 0 aliphatic carbocycles. The maximum atomic E-state index is 12.2. The van der Waals surface area contributed by atoms with Crippen molar-refractivity contribution in [1.29, 1.82) is 0 Å². The van der Waals surface area contributed by atoms with Gasteiger partial charge < -0.3 is 10.2 Å². The summed E-state index contributed by atoms with van der Waals surface area (Å²) in [6, 6.07) is 1.94. The van der Waals surface area contributed by atoms with Crippen molar-refractivity contribution >= 4 is 17.3 Å². The van der Waals surface area contributed by atoms with E-state index in [9.17, 15) is 4.79 Å². The van der Waals surface area contributed by atoms with Crippen molar-refractivity contribution in [2.24, 2.45) is 5.41 Å². The first kappa shape index (κ1) is 10.6. The maximum Gasteiger partial charge on any atom is 0.247 e. The summed E-state index contributed by atoms with van der Waals surface area (Å²) in [5.41, 5.74) is 1.98. The van der Waals surface area contributed by atoms with E-state index in [-0.39, 0.29) is 17.4 Å². The first-order chi connectivity index (χ1) is 8.09. The van der Waals surface area contributed by atoms with Crippen molar-refractivity contribution in [3.05, 3.63) is 18.5 Å². The summed E-state index contributed by atoms with van der Waals surface area (Å²) < 4.78 is 0. The standard InChI is InChI=1S/C13H17N3O/c1-13(2)5-3-7-16-10-4-6-14-8-9(10)15-12(17)11(13)16/h4,6,8,11H,3,5,7H2,1-2H3,(H,15,17). The van der Waals surface area contributed by atoms with Crippen LogP contribution in [-0.4, -0.2) is 23.5 Å². The zero-order valence-electron chi connectivity index (χ0n) is 10.2. The Morgan fingerprint density at radius 1 is 1.53 bits per heavy atom. The molecule has 2 aliphatic heterocycles. The molecule has 4 heteroatoms. The molecule has 1 N–H and O–H groups in total. The number of fused-ring (bicyclic) bond motifs is 3. The van der Waals surface area contributed by atoms with Crippen LogP contribution in [0.2, 0.25) is 0 Å². The molecular weight excluding hydrogens is 214 g/mol. The molecule has 0 saturated carbocycles. The van der Waals surface area contributed by atoms with Crippen molar-refractivity contribution in [3.8, 4) is 0 Å². The Kier molecular flexibility index (Phi) is 2.15. The number of pyridine rings is 1. The molecule has 1 aromatic heterocycles. The Morgan fingerprint density at radius 3 is 3.18 bits per heavy atom. The lowest BCUT2D eigenvalue weighted by Gasteiger charge is -2.49. The molecule has 1 unspecified atom stereocenters. The number of nitrogens with one attached hydrogen (secondary N) is 1. The van der Waals surface area contributed by atoms with Gasteiger partial charge in [-0.1, -0.05) is 13.8 Å². The molecule has 4 nitrogen and oxygen atoms in total. The maximum absolute atomic E-state index is 12.2. The smallest absolute Gasteiger partial charge is 0.247 e. The molecule has 90 valence electrons. The van der Waals surface area contributed by atoms with Gasteiger partial charge in [-0.15, -0.1) is 0 Å². The molecule has 1 fully saturated rings. The van der Waals surface area contributed by atoms with Crippen LogP contribution in [0, 0.1) is 5.41 Å². The van der Waals surface area contributed by atoms with Crippen LogP contribution in [0.4, 0.5) is 11.4 Å². The number of hydrogen-bond acceptors (Lipinski definition) is 3. The highest BCUT2D eigenvalue weighted by molar-refractivity contribution is 6.04. The topological polar surface area (TPSA) is 45.2 Å². The number of anilines is 2. The number of hydrogen-bond donors (Lipinski definition) is 1. The molecule has 1 aromatic rings. The number of carbonyl (C=O) groups is 1. The minimum atomic E-state index is -0.0499. The molecule has 0 bridgehead atoms.